The highest BCUT2D eigenvalue weighted by atomic mass is 16.5. The number of carbonyl (C=O) groups excluding carboxylic acids is 3. The molecule has 0 aliphatic carbocycles. The van der Waals surface area contributed by atoms with E-state index in [0.29, 0.717) is 23.5 Å². The van der Waals surface area contributed by atoms with Gasteiger partial charge in [0, 0.05) is 32.0 Å². The van der Waals surface area contributed by atoms with Crippen LogP contribution in [-0.2, 0) is 9.59 Å². The summed E-state index contributed by atoms with van der Waals surface area (Å²) in [7, 11) is 1.66. The molecule has 0 saturated carbocycles. The number of hydrogen-bond donors (Lipinski definition) is 1. The van der Waals surface area contributed by atoms with Crippen molar-refractivity contribution in [3.05, 3.63) is 23.8 Å². The number of rotatable bonds is 10. The SMILES string of the molecule is CCN(CC)CCCNC(=O)CCC(=O)c1ccc2c(c1)N(C)C(=O)CO2. The molecule has 0 radical (unpaired) electrons. The number of hydrogen-bond acceptors (Lipinski definition) is 5. The number of Topliss-reactive ketones (excluding diaryl/α,β-unsaturated/α-hetero) is 1. The molecule has 0 spiro atoms. The van der Waals surface area contributed by atoms with Gasteiger partial charge in [-0.3, -0.25) is 14.4 Å². The van der Waals surface area contributed by atoms with Crippen LogP contribution in [0.2, 0.25) is 0 Å². The molecule has 1 N–H and O–H groups in total. The molecule has 0 fully saturated rings. The van der Waals surface area contributed by atoms with Crippen LogP contribution in [0, 0.1) is 0 Å². The van der Waals surface area contributed by atoms with Gasteiger partial charge >= 0.3 is 0 Å². The molecule has 1 aromatic rings. The minimum absolute atomic E-state index is 0.00519. The molecule has 0 bridgehead atoms. The van der Waals surface area contributed by atoms with Gasteiger partial charge in [0.05, 0.1) is 5.69 Å². The van der Waals surface area contributed by atoms with E-state index in [1.54, 1.807) is 25.2 Å². The van der Waals surface area contributed by atoms with E-state index < -0.39 is 0 Å². The van der Waals surface area contributed by atoms with Crippen LogP contribution in [0.4, 0.5) is 5.69 Å². The average molecular weight is 375 g/mol. The Morgan fingerprint density at radius 3 is 2.67 bits per heavy atom. The Bertz CT molecular complexity index is 686. The van der Waals surface area contributed by atoms with Crippen LogP contribution in [0.25, 0.3) is 0 Å². The summed E-state index contributed by atoms with van der Waals surface area (Å²) in [5, 5.41) is 2.87. The number of anilines is 1. The van der Waals surface area contributed by atoms with Gasteiger partial charge in [0.1, 0.15) is 5.75 Å². The summed E-state index contributed by atoms with van der Waals surface area (Å²) in [6.45, 7) is 7.83. The van der Waals surface area contributed by atoms with Gasteiger partial charge < -0.3 is 19.9 Å². The minimum Gasteiger partial charge on any atom is -0.482 e. The first-order valence-electron chi connectivity index (χ1n) is 9.51. The van der Waals surface area contributed by atoms with Gasteiger partial charge in [-0.05, 0) is 44.3 Å². The van der Waals surface area contributed by atoms with Gasteiger partial charge in [-0.2, -0.15) is 0 Å². The average Bonchev–Trinajstić information content (AvgIpc) is 2.69. The Balaban J connectivity index is 1.79. The zero-order chi connectivity index (χ0) is 19.8. The zero-order valence-corrected chi connectivity index (χ0v) is 16.4. The third kappa shape index (κ3) is 5.79. The van der Waals surface area contributed by atoms with Crippen molar-refractivity contribution in [2.75, 3.05) is 44.7 Å². The van der Waals surface area contributed by atoms with E-state index >= 15 is 0 Å². The second-order valence-corrected chi connectivity index (χ2v) is 6.58. The smallest absolute Gasteiger partial charge is 0.264 e. The number of carbonyl (C=O) groups is 3. The number of ketones is 1. The van der Waals surface area contributed by atoms with Crippen LogP contribution in [-0.4, -0.2) is 62.3 Å². The van der Waals surface area contributed by atoms with E-state index in [0.717, 1.165) is 26.1 Å². The molecular weight excluding hydrogens is 346 g/mol. The van der Waals surface area contributed by atoms with Crippen LogP contribution >= 0.6 is 0 Å². The third-order valence-corrected chi connectivity index (χ3v) is 4.81. The maximum atomic E-state index is 12.4. The van der Waals surface area contributed by atoms with Gasteiger partial charge in [0.15, 0.2) is 12.4 Å². The van der Waals surface area contributed by atoms with Crippen LogP contribution in [0.15, 0.2) is 18.2 Å². The summed E-state index contributed by atoms with van der Waals surface area (Å²) in [5.74, 6) is 0.190. The number of benzene rings is 1. The molecule has 7 nitrogen and oxygen atoms in total. The predicted molar refractivity (Wildman–Crippen MR) is 104 cm³/mol. The van der Waals surface area contributed by atoms with Crippen molar-refractivity contribution in [1.29, 1.82) is 0 Å². The minimum atomic E-state index is -0.156. The lowest BCUT2D eigenvalue weighted by Gasteiger charge is -2.26. The predicted octanol–water partition coefficient (Wildman–Crippen LogP) is 1.85. The highest BCUT2D eigenvalue weighted by Gasteiger charge is 2.23. The number of nitrogens with one attached hydrogen (secondary N) is 1. The molecule has 0 saturated heterocycles. The van der Waals surface area contributed by atoms with E-state index in [-0.39, 0.29) is 37.0 Å². The van der Waals surface area contributed by atoms with E-state index in [1.807, 2.05) is 0 Å². The van der Waals surface area contributed by atoms with Gasteiger partial charge in [-0.25, -0.2) is 0 Å². The first-order valence-corrected chi connectivity index (χ1v) is 9.51. The molecule has 0 unspecified atom stereocenters. The summed E-state index contributed by atoms with van der Waals surface area (Å²) < 4.78 is 5.36. The Labute approximate surface area is 160 Å². The normalized spacial score (nSPS) is 13.3. The zero-order valence-electron chi connectivity index (χ0n) is 16.4. The fraction of sp³-hybridized carbons (Fsp3) is 0.550. The largest absolute Gasteiger partial charge is 0.482 e. The van der Waals surface area contributed by atoms with Gasteiger partial charge in [0.2, 0.25) is 5.91 Å². The number of likely N-dealkylation sites (N-methyl/N-ethyl adjacent to an activating group) is 1. The van der Waals surface area contributed by atoms with Crippen LogP contribution in [0.1, 0.15) is 43.5 Å². The molecule has 148 valence electrons. The van der Waals surface area contributed by atoms with Crippen LogP contribution in [0.3, 0.4) is 0 Å². The van der Waals surface area contributed by atoms with Crippen molar-refractivity contribution in [1.82, 2.24) is 10.2 Å². The lowest BCUT2D eigenvalue weighted by molar-refractivity contribution is -0.121. The number of fused-ring (bicyclic) bond motifs is 1. The molecule has 1 aromatic carbocycles. The first kappa shape index (κ1) is 20.9. The Morgan fingerprint density at radius 1 is 1.22 bits per heavy atom. The summed E-state index contributed by atoms with van der Waals surface area (Å²) in [6.07, 6.45) is 1.19. The second kappa shape index (κ2) is 10.1. The number of ether oxygens (including phenoxy) is 1. The Hall–Kier alpha value is -2.41. The van der Waals surface area contributed by atoms with Gasteiger partial charge in [-0.15, -0.1) is 0 Å². The molecule has 1 heterocycles. The van der Waals surface area contributed by atoms with E-state index in [4.69, 9.17) is 4.74 Å². The summed E-state index contributed by atoms with van der Waals surface area (Å²) >= 11 is 0. The lowest BCUT2D eigenvalue weighted by atomic mass is 10.0. The summed E-state index contributed by atoms with van der Waals surface area (Å²) in [6, 6.07) is 5.02. The van der Waals surface area contributed by atoms with Crippen molar-refractivity contribution in [2.45, 2.75) is 33.1 Å². The molecule has 7 heteroatoms. The second-order valence-electron chi connectivity index (χ2n) is 6.58. The van der Waals surface area contributed by atoms with Crippen molar-refractivity contribution in [3.8, 4) is 5.75 Å². The van der Waals surface area contributed by atoms with Crippen molar-refractivity contribution >= 4 is 23.3 Å². The summed E-state index contributed by atoms with van der Waals surface area (Å²) in [4.78, 5) is 39.8. The monoisotopic (exact) mass is 375 g/mol. The quantitative estimate of drug-likeness (QED) is 0.499. The molecule has 1 aliphatic rings. The van der Waals surface area contributed by atoms with E-state index in [9.17, 15) is 14.4 Å². The topological polar surface area (TPSA) is 79.0 Å². The Kier molecular flexibility index (Phi) is 7.79. The molecule has 2 rings (SSSR count). The van der Waals surface area contributed by atoms with Crippen LogP contribution in [0.5, 0.6) is 5.75 Å². The molecule has 0 atom stereocenters. The fourth-order valence-electron chi connectivity index (χ4n) is 2.98. The molecule has 2 amide bonds. The highest BCUT2D eigenvalue weighted by molar-refractivity contribution is 6.02. The third-order valence-electron chi connectivity index (χ3n) is 4.81. The molecular formula is C20H29N3O4. The van der Waals surface area contributed by atoms with E-state index in [1.165, 1.54) is 4.90 Å². The molecule has 27 heavy (non-hydrogen) atoms. The Morgan fingerprint density at radius 2 is 1.96 bits per heavy atom. The van der Waals surface area contributed by atoms with Crippen molar-refractivity contribution in [3.63, 3.8) is 0 Å². The maximum Gasteiger partial charge on any atom is 0.264 e. The first-order chi connectivity index (χ1) is 13.0. The fourth-order valence-corrected chi connectivity index (χ4v) is 2.98. The highest BCUT2D eigenvalue weighted by Crippen LogP contribution is 2.32. The number of nitrogens with zero attached hydrogens (tertiary/aromatic N) is 2. The van der Waals surface area contributed by atoms with Crippen molar-refractivity contribution < 1.29 is 19.1 Å². The van der Waals surface area contributed by atoms with Gasteiger partial charge in [0.25, 0.3) is 5.91 Å². The number of amides is 2. The van der Waals surface area contributed by atoms with Gasteiger partial charge in [-0.1, -0.05) is 13.8 Å². The molecule has 1 aliphatic heterocycles. The molecule has 0 aromatic heterocycles. The maximum absolute atomic E-state index is 12.4. The van der Waals surface area contributed by atoms with Crippen LogP contribution < -0.4 is 15.0 Å². The van der Waals surface area contributed by atoms with Crippen molar-refractivity contribution in [2.24, 2.45) is 0 Å². The standard InChI is InChI=1S/C20H29N3O4/c1-4-23(5-2)12-6-11-21-19(25)10-8-17(24)15-7-9-18-16(13-15)22(3)20(26)14-27-18/h7,9,13H,4-6,8,10-12,14H2,1-3H3,(H,21,25). The summed E-state index contributed by atoms with van der Waals surface area (Å²) in [5.41, 5.74) is 1.06. The lowest BCUT2D eigenvalue weighted by Crippen LogP contribution is -2.35. The van der Waals surface area contributed by atoms with E-state index in [2.05, 4.69) is 24.1 Å².